The summed E-state index contributed by atoms with van der Waals surface area (Å²) < 4.78 is 18.9. The summed E-state index contributed by atoms with van der Waals surface area (Å²) in [6.07, 6.45) is 2.14. The van der Waals surface area contributed by atoms with Crippen molar-refractivity contribution in [2.24, 2.45) is 0 Å². The Morgan fingerprint density at radius 3 is 2.42 bits per heavy atom. The van der Waals surface area contributed by atoms with E-state index in [1.807, 2.05) is 18.2 Å². The second kappa shape index (κ2) is 9.46. The van der Waals surface area contributed by atoms with Gasteiger partial charge in [0.25, 0.3) is 0 Å². The monoisotopic (exact) mass is 356 g/mol. The molecule has 1 saturated heterocycles. The second-order valence-electron chi connectivity index (χ2n) is 6.68. The Bertz CT molecular complexity index is 683. The van der Waals surface area contributed by atoms with E-state index in [0.29, 0.717) is 19.7 Å². The third kappa shape index (κ3) is 5.93. The van der Waals surface area contributed by atoms with Gasteiger partial charge in [-0.05, 0) is 36.1 Å². The van der Waals surface area contributed by atoms with Gasteiger partial charge in [0.2, 0.25) is 5.91 Å². The minimum Gasteiger partial charge on any atom is -0.373 e. The van der Waals surface area contributed by atoms with Crippen LogP contribution in [0.5, 0.6) is 0 Å². The number of rotatable bonds is 7. The predicted octanol–water partition coefficient (Wildman–Crippen LogP) is 3.12. The highest BCUT2D eigenvalue weighted by Gasteiger charge is 2.21. The van der Waals surface area contributed by atoms with Crippen molar-refractivity contribution in [3.05, 3.63) is 71.5 Å². The van der Waals surface area contributed by atoms with E-state index in [4.69, 9.17) is 4.74 Å². The Hall–Kier alpha value is -2.24. The van der Waals surface area contributed by atoms with E-state index in [1.165, 1.54) is 17.7 Å². The summed E-state index contributed by atoms with van der Waals surface area (Å²) in [4.78, 5) is 14.2. The molecule has 0 aliphatic carbocycles. The van der Waals surface area contributed by atoms with E-state index in [-0.39, 0.29) is 17.8 Å². The van der Waals surface area contributed by atoms with Crippen LogP contribution in [0.4, 0.5) is 4.39 Å². The van der Waals surface area contributed by atoms with Crippen molar-refractivity contribution in [1.82, 2.24) is 10.2 Å². The standard InChI is InChI=1S/C21H25FN2O2/c22-19-8-6-17(7-9-19)14-23-21(25)15-24-12-10-20(11-13-24)26-16-18-4-2-1-3-5-18/h1-9,20H,10-16H2,(H,23,25). The molecule has 1 heterocycles. The summed E-state index contributed by atoms with van der Waals surface area (Å²) in [6, 6.07) is 16.4. The van der Waals surface area contributed by atoms with Crippen molar-refractivity contribution in [1.29, 1.82) is 0 Å². The number of hydrogen-bond acceptors (Lipinski definition) is 3. The maximum absolute atomic E-state index is 12.9. The first-order valence-electron chi connectivity index (χ1n) is 9.08. The van der Waals surface area contributed by atoms with E-state index in [1.54, 1.807) is 12.1 Å². The van der Waals surface area contributed by atoms with Gasteiger partial charge in [0, 0.05) is 19.6 Å². The largest absolute Gasteiger partial charge is 0.373 e. The zero-order valence-corrected chi connectivity index (χ0v) is 14.9. The van der Waals surface area contributed by atoms with Gasteiger partial charge in [-0.2, -0.15) is 0 Å². The molecule has 1 aliphatic heterocycles. The maximum Gasteiger partial charge on any atom is 0.234 e. The molecule has 0 aromatic heterocycles. The first-order valence-corrected chi connectivity index (χ1v) is 9.08. The first-order chi connectivity index (χ1) is 12.7. The highest BCUT2D eigenvalue weighted by molar-refractivity contribution is 5.78. The summed E-state index contributed by atoms with van der Waals surface area (Å²) in [7, 11) is 0. The van der Waals surface area contributed by atoms with Gasteiger partial charge in [-0.25, -0.2) is 4.39 Å². The van der Waals surface area contributed by atoms with Crippen LogP contribution < -0.4 is 5.32 Å². The fourth-order valence-corrected chi connectivity index (χ4v) is 3.08. The molecule has 1 amide bonds. The lowest BCUT2D eigenvalue weighted by Crippen LogP contribution is -2.43. The predicted molar refractivity (Wildman–Crippen MR) is 98.9 cm³/mol. The fraction of sp³-hybridized carbons (Fsp3) is 0.381. The molecule has 0 bridgehead atoms. The van der Waals surface area contributed by atoms with Crippen LogP contribution in [0.25, 0.3) is 0 Å². The van der Waals surface area contributed by atoms with Gasteiger partial charge in [-0.15, -0.1) is 0 Å². The molecule has 26 heavy (non-hydrogen) atoms. The Kier molecular flexibility index (Phi) is 6.75. The normalized spacial score (nSPS) is 15.7. The van der Waals surface area contributed by atoms with Gasteiger partial charge >= 0.3 is 0 Å². The molecule has 1 aliphatic rings. The van der Waals surface area contributed by atoms with Crippen molar-refractivity contribution >= 4 is 5.91 Å². The average molecular weight is 356 g/mol. The van der Waals surface area contributed by atoms with Crippen molar-refractivity contribution in [2.75, 3.05) is 19.6 Å². The van der Waals surface area contributed by atoms with Crippen LogP contribution in [0.2, 0.25) is 0 Å². The van der Waals surface area contributed by atoms with Crippen molar-refractivity contribution < 1.29 is 13.9 Å². The third-order valence-electron chi connectivity index (χ3n) is 4.63. The molecule has 138 valence electrons. The number of nitrogens with one attached hydrogen (secondary N) is 1. The molecule has 2 aromatic carbocycles. The lowest BCUT2D eigenvalue weighted by Gasteiger charge is -2.31. The molecule has 2 aromatic rings. The van der Waals surface area contributed by atoms with Gasteiger partial charge in [-0.1, -0.05) is 42.5 Å². The second-order valence-corrected chi connectivity index (χ2v) is 6.68. The van der Waals surface area contributed by atoms with Gasteiger partial charge in [0.15, 0.2) is 0 Å². The topological polar surface area (TPSA) is 41.6 Å². The minimum atomic E-state index is -0.266. The van der Waals surface area contributed by atoms with E-state index in [0.717, 1.165) is 31.5 Å². The first kappa shape index (κ1) is 18.5. The lowest BCUT2D eigenvalue weighted by molar-refractivity contribution is -0.123. The molecular formula is C21H25FN2O2. The van der Waals surface area contributed by atoms with E-state index in [9.17, 15) is 9.18 Å². The lowest BCUT2D eigenvalue weighted by atomic mass is 10.1. The molecule has 3 rings (SSSR count). The Morgan fingerprint density at radius 2 is 1.73 bits per heavy atom. The number of hydrogen-bond donors (Lipinski definition) is 1. The quantitative estimate of drug-likeness (QED) is 0.829. The van der Waals surface area contributed by atoms with E-state index in [2.05, 4.69) is 22.3 Å². The molecule has 1 N–H and O–H groups in total. The van der Waals surface area contributed by atoms with E-state index >= 15 is 0 Å². The Balaban J connectivity index is 1.33. The van der Waals surface area contributed by atoms with Gasteiger partial charge in [0.1, 0.15) is 5.82 Å². The number of ether oxygens (including phenoxy) is 1. The Morgan fingerprint density at radius 1 is 1.04 bits per heavy atom. The molecule has 0 unspecified atom stereocenters. The van der Waals surface area contributed by atoms with Crippen molar-refractivity contribution in [3.63, 3.8) is 0 Å². The molecule has 1 fully saturated rings. The molecule has 0 radical (unpaired) electrons. The third-order valence-corrected chi connectivity index (χ3v) is 4.63. The number of carbonyl (C=O) groups is 1. The molecule has 0 spiro atoms. The summed E-state index contributed by atoms with van der Waals surface area (Å²) >= 11 is 0. The maximum atomic E-state index is 12.9. The van der Waals surface area contributed by atoms with Crippen LogP contribution in [0, 0.1) is 5.82 Å². The number of halogens is 1. The van der Waals surface area contributed by atoms with Crippen LogP contribution in [0.15, 0.2) is 54.6 Å². The number of carbonyl (C=O) groups excluding carboxylic acids is 1. The highest BCUT2D eigenvalue weighted by atomic mass is 19.1. The highest BCUT2D eigenvalue weighted by Crippen LogP contribution is 2.15. The zero-order chi connectivity index (χ0) is 18.2. The number of likely N-dealkylation sites (tertiary alicyclic amines) is 1. The van der Waals surface area contributed by atoms with Gasteiger partial charge in [0.05, 0.1) is 19.3 Å². The molecule has 5 heteroatoms. The van der Waals surface area contributed by atoms with Crippen LogP contribution in [0.3, 0.4) is 0 Å². The molecule has 4 nitrogen and oxygen atoms in total. The summed E-state index contributed by atoms with van der Waals surface area (Å²) in [5.41, 5.74) is 2.09. The van der Waals surface area contributed by atoms with Crippen molar-refractivity contribution in [3.8, 4) is 0 Å². The fourth-order valence-electron chi connectivity index (χ4n) is 3.08. The van der Waals surface area contributed by atoms with Crippen LogP contribution in [0.1, 0.15) is 24.0 Å². The average Bonchev–Trinajstić information content (AvgIpc) is 2.68. The summed E-state index contributed by atoms with van der Waals surface area (Å²) in [5, 5.41) is 2.89. The van der Waals surface area contributed by atoms with Crippen LogP contribution in [-0.2, 0) is 22.7 Å². The number of benzene rings is 2. The van der Waals surface area contributed by atoms with Gasteiger partial charge < -0.3 is 10.1 Å². The van der Waals surface area contributed by atoms with Crippen LogP contribution in [-0.4, -0.2) is 36.5 Å². The molecular weight excluding hydrogens is 331 g/mol. The molecule has 0 atom stereocenters. The zero-order valence-electron chi connectivity index (χ0n) is 14.9. The Labute approximate surface area is 154 Å². The van der Waals surface area contributed by atoms with Gasteiger partial charge in [-0.3, -0.25) is 9.69 Å². The summed E-state index contributed by atoms with van der Waals surface area (Å²) in [5.74, 6) is -0.268. The van der Waals surface area contributed by atoms with Crippen molar-refractivity contribution in [2.45, 2.75) is 32.1 Å². The van der Waals surface area contributed by atoms with E-state index < -0.39 is 0 Å². The molecule has 0 saturated carbocycles. The van der Waals surface area contributed by atoms with Crippen LogP contribution >= 0.6 is 0 Å². The number of piperidine rings is 1. The summed E-state index contributed by atoms with van der Waals surface area (Å²) in [6.45, 7) is 3.19. The number of nitrogens with zero attached hydrogens (tertiary/aromatic N) is 1. The number of amides is 1. The minimum absolute atomic E-state index is 0.00187. The SMILES string of the molecule is O=C(CN1CCC(OCc2ccccc2)CC1)NCc1ccc(F)cc1. The smallest absolute Gasteiger partial charge is 0.234 e.